The lowest BCUT2D eigenvalue weighted by Crippen LogP contribution is -2.33. The molecule has 5 heteroatoms. The summed E-state index contributed by atoms with van der Waals surface area (Å²) < 4.78 is 18.7. The molecule has 17 heavy (non-hydrogen) atoms. The predicted octanol–water partition coefficient (Wildman–Crippen LogP) is 1.51. The van der Waals surface area contributed by atoms with Crippen molar-refractivity contribution < 1.29 is 13.9 Å². The van der Waals surface area contributed by atoms with Crippen molar-refractivity contribution in [2.24, 2.45) is 5.92 Å². The van der Waals surface area contributed by atoms with Gasteiger partial charge >= 0.3 is 0 Å². The van der Waals surface area contributed by atoms with E-state index >= 15 is 0 Å². The van der Waals surface area contributed by atoms with Gasteiger partial charge in [0.2, 0.25) is 5.91 Å². The number of ether oxygens (including phenoxy) is 1. The molecule has 1 aromatic carbocycles. The first-order chi connectivity index (χ1) is 8.15. The van der Waals surface area contributed by atoms with Crippen LogP contribution in [0.4, 0.5) is 15.8 Å². The van der Waals surface area contributed by atoms with Gasteiger partial charge in [-0.25, -0.2) is 4.39 Å². The van der Waals surface area contributed by atoms with Gasteiger partial charge in [0, 0.05) is 0 Å². The number of carbonyl (C=O) groups excluding carboxylic acids is 1. The first-order valence-electron chi connectivity index (χ1n) is 5.60. The number of rotatable bonds is 0. The van der Waals surface area contributed by atoms with Crippen LogP contribution in [0, 0.1) is 18.7 Å². The van der Waals surface area contributed by atoms with Gasteiger partial charge in [-0.1, -0.05) is 0 Å². The molecule has 1 aromatic rings. The lowest BCUT2D eigenvalue weighted by Gasteiger charge is -2.14. The summed E-state index contributed by atoms with van der Waals surface area (Å²) in [7, 11) is 0. The number of halogens is 1. The number of hydrogen-bond acceptors (Lipinski definition) is 3. The topological polar surface area (TPSA) is 50.4 Å². The second kappa shape index (κ2) is 3.70. The van der Waals surface area contributed by atoms with Gasteiger partial charge in [-0.05, 0) is 24.6 Å². The van der Waals surface area contributed by atoms with E-state index in [4.69, 9.17) is 4.74 Å². The van der Waals surface area contributed by atoms with Crippen LogP contribution in [0.1, 0.15) is 5.56 Å². The van der Waals surface area contributed by atoms with Crippen molar-refractivity contribution in [3.05, 3.63) is 23.5 Å². The maximum atomic E-state index is 13.5. The lowest BCUT2D eigenvalue weighted by atomic mass is 10.0. The molecule has 2 aliphatic heterocycles. The fourth-order valence-corrected chi connectivity index (χ4v) is 2.28. The van der Waals surface area contributed by atoms with Crippen LogP contribution in [0.5, 0.6) is 0 Å². The van der Waals surface area contributed by atoms with E-state index in [0.717, 1.165) is 5.69 Å². The minimum Gasteiger partial charge on any atom is -0.378 e. The van der Waals surface area contributed by atoms with E-state index in [1.165, 1.54) is 6.07 Å². The molecule has 0 spiro atoms. The highest BCUT2D eigenvalue weighted by Crippen LogP contribution is 2.32. The SMILES string of the molecule is Cc1cc2c(cc1F)NC(=O)C1COCC1N2. The zero-order valence-electron chi connectivity index (χ0n) is 9.42. The van der Waals surface area contributed by atoms with Crippen molar-refractivity contribution in [2.75, 3.05) is 23.8 Å². The predicted molar refractivity (Wildman–Crippen MR) is 61.5 cm³/mol. The highest BCUT2D eigenvalue weighted by Gasteiger charge is 2.37. The molecule has 2 atom stereocenters. The van der Waals surface area contributed by atoms with E-state index in [1.54, 1.807) is 13.0 Å². The number of benzene rings is 1. The number of hydrogen-bond donors (Lipinski definition) is 2. The van der Waals surface area contributed by atoms with Crippen molar-refractivity contribution in [1.29, 1.82) is 0 Å². The normalized spacial score (nSPS) is 26.6. The van der Waals surface area contributed by atoms with Crippen LogP contribution < -0.4 is 10.6 Å². The number of nitrogens with one attached hydrogen (secondary N) is 2. The second-order valence-corrected chi connectivity index (χ2v) is 4.53. The van der Waals surface area contributed by atoms with E-state index in [0.29, 0.717) is 24.5 Å². The molecule has 0 radical (unpaired) electrons. The second-order valence-electron chi connectivity index (χ2n) is 4.53. The minimum absolute atomic E-state index is 0.0267. The fraction of sp³-hybridized carbons (Fsp3) is 0.417. The molecule has 0 aromatic heterocycles. The van der Waals surface area contributed by atoms with Crippen molar-refractivity contribution in [1.82, 2.24) is 0 Å². The summed E-state index contributed by atoms with van der Waals surface area (Å²) in [5.41, 5.74) is 1.82. The Kier molecular flexibility index (Phi) is 2.29. The number of anilines is 2. The average Bonchev–Trinajstić information content (AvgIpc) is 2.69. The van der Waals surface area contributed by atoms with Crippen LogP contribution >= 0.6 is 0 Å². The highest BCUT2D eigenvalue weighted by atomic mass is 19.1. The Bertz CT molecular complexity index is 490. The van der Waals surface area contributed by atoms with Gasteiger partial charge in [0.05, 0.1) is 36.5 Å². The monoisotopic (exact) mass is 236 g/mol. The van der Waals surface area contributed by atoms with Gasteiger partial charge in [-0.2, -0.15) is 0 Å². The van der Waals surface area contributed by atoms with E-state index in [1.807, 2.05) is 0 Å². The van der Waals surface area contributed by atoms with Gasteiger partial charge < -0.3 is 15.4 Å². The van der Waals surface area contributed by atoms with E-state index in [9.17, 15) is 9.18 Å². The Balaban J connectivity index is 2.04. The maximum Gasteiger partial charge on any atom is 0.232 e. The van der Waals surface area contributed by atoms with Crippen LogP contribution in [-0.2, 0) is 9.53 Å². The van der Waals surface area contributed by atoms with Crippen LogP contribution in [0.3, 0.4) is 0 Å². The summed E-state index contributed by atoms with van der Waals surface area (Å²) in [5.74, 6) is -0.623. The standard InChI is InChI=1S/C12H13FN2O2/c1-6-2-9-10(3-8(6)13)15-12(16)7-4-17-5-11(7)14-9/h2-3,7,11,14H,4-5H2,1H3,(H,15,16). The van der Waals surface area contributed by atoms with Crippen LogP contribution in [-0.4, -0.2) is 25.2 Å². The molecule has 2 N–H and O–H groups in total. The first kappa shape index (κ1) is 10.5. The molecular formula is C12H13FN2O2. The third kappa shape index (κ3) is 1.67. The van der Waals surface area contributed by atoms with Crippen LogP contribution in [0.15, 0.2) is 12.1 Å². The summed E-state index contributed by atoms with van der Waals surface area (Å²) in [5, 5.41) is 5.99. The van der Waals surface area contributed by atoms with Gasteiger partial charge in [0.1, 0.15) is 5.82 Å². The smallest absolute Gasteiger partial charge is 0.232 e. The van der Waals surface area contributed by atoms with Crippen molar-refractivity contribution in [3.63, 3.8) is 0 Å². The van der Waals surface area contributed by atoms with Crippen molar-refractivity contribution in [2.45, 2.75) is 13.0 Å². The Labute approximate surface area is 98.1 Å². The van der Waals surface area contributed by atoms with E-state index < -0.39 is 0 Å². The minimum atomic E-state index is -0.311. The summed E-state index contributed by atoms with van der Waals surface area (Å²) in [6.07, 6.45) is 0. The van der Waals surface area contributed by atoms with Gasteiger partial charge in [0.25, 0.3) is 0 Å². The molecule has 1 amide bonds. The molecule has 1 saturated heterocycles. The Morgan fingerprint density at radius 3 is 3.00 bits per heavy atom. The van der Waals surface area contributed by atoms with E-state index in [2.05, 4.69) is 10.6 Å². The summed E-state index contributed by atoms with van der Waals surface area (Å²) in [6, 6.07) is 3.05. The third-order valence-electron chi connectivity index (χ3n) is 3.31. The molecule has 0 bridgehead atoms. The lowest BCUT2D eigenvalue weighted by molar-refractivity contribution is -0.119. The summed E-state index contributed by atoms with van der Waals surface area (Å²) in [6.45, 7) is 2.62. The molecule has 2 aliphatic rings. The summed E-state index contributed by atoms with van der Waals surface area (Å²) in [4.78, 5) is 11.9. The Morgan fingerprint density at radius 1 is 1.35 bits per heavy atom. The van der Waals surface area contributed by atoms with E-state index in [-0.39, 0.29) is 23.7 Å². The molecule has 0 saturated carbocycles. The van der Waals surface area contributed by atoms with Crippen LogP contribution in [0.2, 0.25) is 0 Å². The first-order valence-corrected chi connectivity index (χ1v) is 5.60. The third-order valence-corrected chi connectivity index (χ3v) is 3.31. The van der Waals surface area contributed by atoms with Gasteiger partial charge in [-0.3, -0.25) is 4.79 Å². The molecule has 90 valence electrons. The molecule has 2 unspecified atom stereocenters. The fourth-order valence-electron chi connectivity index (χ4n) is 2.28. The zero-order valence-corrected chi connectivity index (χ0v) is 9.42. The Morgan fingerprint density at radius 2 is 2.18 bits per heavy atom. The molecule has 0 aliphatic carbocycles. The Hall–Kier alpha value is -1.62. The zero-order chi connectivity index (χ0) is 12.0. The molecular weight excluding hydrogens is 223 g/mol. The summed E-state index contributed by atoms with van der Waals surface area (Å²) >= 11 is 0. The number of aryl methyl sites for hydroxylation is 1. The number of carbonyl (C=O) groups is 1. The van der Waals surface area contributed by atoms with Gasteiger partial charge in [-0.15, -0.1) is 0 Å². The molecule has 3 rings (SSSR count). The van der Waals surface area contributed by atoms with Gasteiger partial charge in [0.15, 0.2) is 0 Å². The number of amides is 1. The largest absolute Gasteiger partial charge is 0.378 e. The molecule has 4 nitrogen and oxygen atoms in total. The van der Waals surface area contributed by atoms with Crippen LogP contribution in [0.25, 0.3) is 0 Å². The quantitative estimate of drug-likeness (QED) is 0.718. The maximum absolute atomic E-state index is 13.5. The number of fused-ring (bicyclic) bond motifs is 2. The molecule has 1 fully saturated rings. The van der Waals surface area contributed by atoms with Crippen molar-refractivity contribution >= 4 is 17.3 Å². The molecule has 2 heterocycles. The average molecular weight is 236 g/mol. The van der Waals surface area contributed by atoms with Crippen molar-refractivity contribution in [3.8, 4) is 0 Å². The highest BCUT2D eigenvalue weighted by molar-refractivity contribution is 5.98.